The van der Waals surface area contributed by atoms with Crippen LogP contribution < -0.4 is 20.1 Å². The van der Waals surface area contributed by atoms with Crippen molar-refractivity contribution >= 4 is 29.4 Å². The summed E-state index contributed by atoms with van der Waals surface area (Å²) in [7, 11) is 0. The molecule has 1 fully saturated rings. The molecule has 10 heteroatoms. The number of ether oxygens (including phenoxy) is 2. The quantitative estimate of drug-likeness (QED) is 0.432. The van der Waals surface area contributed by atoms with Gasteiger partial charge in [0.25, 0.3) is 5.91 Å². The van der Waals surface area contributed by atoms with Gasteiger partial charge in [-0.15, -0.1) is 0 Å². The van der Waals surface area contributed by atoms with E-state index in [9.17, 15) is 14.7 Å². The number of carbonyl (C=O) groups is 2. The lowest BCUT2D eigenvalue weighted by atomic mass is 9.85. The van der Waals surface area contributed by atoms with E-state index in [1.807, 2.05) is 38.1 Å². The molecule has 208 valence electrons. The van der Waals surface area contributed by atoms with E-state index in [1.165, 1.54) is 11.0 Å². The molecule has 2 aromatic rings. The highest BCUT2D eigenvalue weighted by Crippen LogP contribution is 2.44. The third kappa shape index (κ3) is 4.72. The molecule has 0 aromatic heterocycles. The maximum atomic E-state index is 13.6. The van der Waals surface area contributed by atoms with Gasteiger partial charge in [0.1, 0.15) is 23.2 Å². The van der Waals surface area contributed by atoms with Crippen molar-refractivity contribution in [2.45, 2.75) is 82.7 Å². The number of para-hydroxylation sites is 1. The number of halogens is 1. The summed E-state index contributed by atoms with van der Waals surface area (Å²) in [6.45, 7) is 7.89. The first kappa shape index (κ1) is 27.3. The van der Waals surface area contributed by atoms with Crippen LogP contribution in [0.4, 0.5) is 0 Å². The molecule has 3 aliphatic heterocycles. The Bertz CT molecular complexity index is 1300. The summed E-state index contributed by atoms with van der Waals surface area (Å²) in [6, 6.07) is 9.28. The van der Waals surface area contributed by atoms with Gasteiger partial charge in [-0.2, -0.15) is 0 Å². The van der Waals surface area contributed by atoms with Crippen LogP contribution in [0.2, 0.25) is 5.02 Å². The zero-order valence-corrected chi connectivity index (χ0v) is 23.4. The predicted octanol–water partition coefficient (Wildman–Crippen LogP) is 4.48. The van der Waals surface area contributed by atoms with Crippen LogP contribution in [0.15, 0.2) is 36.4 Å². The molecule has 2 amide bonds. The topological polar surface area (TPSA) is 124 Å². The van der Waals surface area contributed by atoms with E-state index >= 15 is 0 Å². The van der Waals surface area contributed by atoms with Gasteiger partial charge < -0.3 is 25.2 Å². The number of carbonyl (C=O) groups excluding carboxylic acids is 2. The maximum Gasteiger partial charge on any atom is 0.251 e. The molecular formula is C29H35ClN4O5. The largest absolute Gasteiger partial charge is 0.492 e. The smallest absolute Gasteiger partial charge is 0.251 e. The van der Waals surface area contributed by atoms with Crippen molar-refractivity contribution in [2.75, 3.05) is 6.61 Å². The molecule has 4 N–H and O–H groups in total. The monoisotopic (exact) mass is 554 g/mol. The van der Waals surface area contributed by atoms with Crippen LogP contribution in [0, 0.1) is 5.41 Å². The van der Waals surface area contributed by atoms with Crippen LogP contribution in [0.25, 0.3) is 0 Å². The minimum Gasteiger partial charge on any atom is -0.492 e. The molecule has 39 heavy (non-hydrogen) atoms. The van der Waals surface area contributed by atoms with Crippen LogP contribution in [0.5, 0.6) is 11.5 Å². The molecular weight excluding hydrogens is 520 g/mol. The first-order valence-electron chi connectivity index (χ1n) is 13.4. The number of amides is 2. The van der Waals surface area contributed by atoms with Crippen molar-refractivity contribution in [3.05, 3.63) is 58.1 Å². The number of hydrogen-bond acceptors (Lipinski definition) is 6. The first-order chi connectivity index (χ1) is 18.5. The van der Waals surface area contributed by atoms with Gasteiger partial charge in [-0.1, -0.05) is 43.6 Å². The maximum absolute atomic E-state index is 13.6. The molecule has 9 nitrogen and oxygen atoms in total. The van der Waals surface area contributed by atoms with Crippen LogP contribution >= 0.6 is 11.6 Å². The van der Waals surface area contributed by atoms with E-state index in [2.05, 4.69) is 10.6 Å². The Labute approximate surface area is 233 Å². The lowest BCUT2D eigenvalue weighted by Crippen LogP contribution is -2.62. The molecule has 0 spiro atoms. The lowest BCUT2D eigenvalue weighted by molar-refractivity contribution is -0.133. The standard InChI is InChI=1S/C29H35ClN4O5/c1-5-29(6-2)15-22(35)34(27(31)33-29)20-11-12-38-24-18(20)13-16(14-19(24)30)26(37)32-23-17-9-7-8-10-21(17)39-28(3,4)25(23)36/h7-10,13-14,20,23,25,36H,5-6,11-12,15H2,1-4H3,(H2,31,33)(H,32,37)/t20-,23-,25+/m1/s1. The Hall–Kier alpha value is -3.30. The van der Waals surface area contributed by atoms with Crippen molar-refractivity contribution in [2.24, 2.45) is 0 Å². The highest BCUT2D eigenvalue weighted by molar-refractivity contribution is 6.32. The Morgan fingerprint density at radius 1 is 1.23 bits per heavy atom. The van der Waals surface area contributed by atoms with Gasteiger partial charge in [0, 0.05) is 28.7 Å². The van der Waals surface area contributed by atoms with Gasteiger partial charge in [-0.05, 0) is 44.9 Å². The fourth-order valence-corrected chi connectivity index (χ4v) is 6.11. The summed E-state index contributed by atoms with van der Waals surface area (Å²) in [4.78, 5) is 28.4. The Morgan fingerprint density at radius 2 is 1.95 bits per heavy atom. The first-order valence-corrected chi connectivity index (χ1v) is 13.8. The number of benzene rings is 2. The Balaban J connectivity index is 1.47. The average molecular weight is 555 g/mol. The molecule has 0 unspecified atom stereocenters. The van der Waals surface area contributed by atoms with Crippen molar-refractivity contribution in [1.82, 2.24) is 15.5 Å². The van der Waals surface area contributed by atoms with Crippen molar-refractivity contribution < 1.29 is 24.2 Å². The van der Waals surface area contributed by atoms with Gasteiger partial charge in [0.05, 0.1) is 30.1 Å². The minimum absolute atomic E-state index is 0.0444. The molecule has 0 radical (unpaired) electrons. The summed E-state index contributed by atoms with van der Waals surface area (Å²) >= 11 is 6.61. The van der Waals surface area contributed by atoms with E-state index in [4.69, 9.17) is 26.5 Å². The third-order valence-corrected chi connectivity index (χ3v) is 8.60. The van der Waals surface area contributed by atoms with Crippen molar-refractivity contribution in [3.8, 4) is 11.5 Å². The fraction of sp³-hybridized carbons (Fsp3) is 0.483. The number of nitrogens with one attached hydrogen (secondary N) is 3. The SMILES string of the molecule is CCC1(CC)CC(=O)N([C@@H]2CCOc3c(Cl)cc(C(=O)N[C@@H]4c5ccccc5OC(C)(C)[C@H]4O)cc32)C(=N)N1. The van der Waals surface area contributed by atoms with Crippen LogP contribution in [-0.2, 0) is 4.79 Å². The number of aliphatic hydroxyl groups excluding tert-OH is 1. The summed E-state index contributed by atoms with van der Waals surface area (Å²) in [6.07, 6.45) is 1.18. The second-order valence-corrected chi connectivity index (χ2v) is 11.5. The minimum atomic E-state index is -1.00. The second kappa shape index (κ2) is 10.0. The van der Waals surface area contributed by atoms with Gasteiger partial charge in [-0.3, -0.25) is 19.9 Å². The number of nitrogens with zero attached hydrogens (tertiary/aromatic N) is 1. The molecule has 3 aliphatic rings. The number of hydrogen-bond donors (Lipinski definition) is 4. The number of guanidine groups is 1. The zero-order chi connectivity index (χ0) is 28.1. The molecule has 5 rings (SSSR count). The Morgan fingerprint density at radius 3 is 2.64 bits per heavy atom. The summed E-state index contributed by atoms with van der Waals surface area (Å²) in [5, 5.41) is 26.3. The zero-order valence-electron chi connectivity index (χ0n) is 22.6. The van der Waals surface area contributed by atoms with Crippen LogP contribution in [0.3, 0.4) is 0 Å². The molecule has 1 saturated heterocycles. The average Bonchev–Trinajstić information content (AvgIpc) is 2.90. The van der Waals surface area contributed by atoms with E-state index in [0.717, 1.165) is 12.8 Å². The van der Waals surface area contributed by atoms with Gasteiger partial charge in [0.2, 0.25) is 5.91 Å². The molecule has 3 atom stereocenters. The van der Waals surface area contributed by atoms with Gasteiger partial charge in [-0.25, -0.2) is 0 Å². The van der Waals surface area contributed by atoms with E-state index in [-0.39, 0.29) is 28.9 Å². The Kier molecular flexibility index (Phi) is 7.01. The lowest BCUT2D eigenvalue weighted by Gasteiger charge is -2.45. The summed E-state index contributed by atoms with van der Waals surface area (Å²) in [5.41, 5.74) is 0.160. The van der Waals surface area contributed by atoms with Crippen LogP contribution in [-0.4, -0.2) is 51.6 Å². The molecule has 3 heterocycles. The molecule has 2 aromatic carbocycles. The molecule has 0 bridgehead atoms. The number of fused-ring (bicyclic) bond motifs is 2. The van der Waals surface area contributed by atoms with E-state index in [1.54, 1.807) is 19.9 Å². The van der Waals surface area contributed by atoms with Gasteiger partial charge in [0.15, 0.2) is 5.96 Å². The summed E-state index contributed by atoms with van der Waals surface area (Å²) < 4.78 is 11.8. The van der Waals surface area contributed by atoms with E-state index < -0.39 is 35.2 Å². The van der Waals surface area contributed by atoms with Crippen molar-refractivity contribution in [3.63, 3.8) is 0 Å². The molecule has 0 saturated carbocycles. The highest BCUT2D eigenvalue weighted by atomic mass is 35.5. The highest BCUT2D eigenvalue weighted by Gasteiger charge is 2.45. The van der Waals surface area contributed by atoms with Crippen LogP contribution in [0.1, 0.15) is 86.9 Å². The predicted molar refractivity (Wildman–Crippen MR) is 147 cm³/mol. The van der Waals surface area contributed by atoms with Crippen molar-refractivity contribution in [1.29, 1.82) is 5.41 Å². The second-order valence-electron chi connectivity index (χ2n) is 11.1. The van der Waals surface area contributed by atoms with Gasteiger partial charge >= 0.3 is 0 Å². The number of aliphatic hydroxyl groups is 1. The number of rotatable bonds is 5. The summed E-state index contributed by atoms with van der Waals surface area (Å²) in [5.74, 6) is 0.471. The third-order valence-electron chi connectivity index (χ3n) is 8.32. The normalized spacial score (nSPS) is 25.0. The van der Waals surface area contributed by atoms with E-state index in [0.29, 0.717) is 35.7 Å². The fourth-order valence-electron chi connectivity index (χ4n) is 5.83. The molecule has 0 aliphatic carbocycles.